The molecule has 4 aliphatic carbocycles. The molecule has 1 aromatic heterocycles. The van der Waals surface area contributed by atoms with Gasteiger partial charge in [0, 0.05) is 30.1 Å². The average molecular weight is 572 g/mol. The van der Waals surface area contributed by atoms with Crippen LogP contribution in [0.5, 0.6) is 0 Å². The molecule has 2 fully saturated rings. The number of ketones is 1. The van der Waals surface area contributed by atoms with E-state index < -0.39 is 41.4 Å². The molecule has 5 atom stereocenters. The van der Waals surface area contributed by atoms with Crippen LogP contribution in [0.15, 0.2) is 71.6 Å². The highest BCUT2D eigenvalue weighted by Crippen LogP contribution is 2.70. The van der Waals surface area contributed by atoms with Gasteiger partial charge in [-0.3, -0.25) is 9.78 Å². The Labute approximate surface area is 236 Å². The van der Waals surface area contributed by atoms with Gasteiger partial charge in [0.05, 0.1) is 0 Å². The molecule has 218 valence electrons. The van der Waals surface area contributed by atoms with Crippen LogP contribution in [0.2, 0.25) is 0 Å². The van der Waals surface area contributed by atoms with Crippen LogP contribution in [-0.4, -0.2) is 33.6 Å². The summed E-state index contributed by atoms with van der Waals surface area (Å²) in [5.41, 5.74) is 1.40. The molecule has 0 spiro atoms. The normalized spacial score (nSPS) is 31.8. The summed E-state index contributed by atoms with van der Waals surface area (Å²) in [6.45, 7) is 1.46. The topological polar surface area (TPSA) is 50.2 Å². The number of benzene rings is 1. The lowest BCUT2D eigenvalue weighted by Gasteiger charge is -2.56. The number of pyridine rings is 1. The van der Waals surface area contributed by atoms with Crippen molar-refractivity contribution in [2.75, 3.05) is 0 Å². The van der Waals surface area contributed by atoms with Crippen LogP contribution in [0.25, 0.3) is 0 Å². The van der Waals surface area contributed by atoms with E-state index in [-0.39, 0.29) is 24.5 Å². The molecule has 1 N–H and O–H groups in total. The van der Waals surface area contributed by atoms with Crippen molar-refractivity contribution in [3.63, 3.8) is 0 Å². The van der Waals surface area contributed by atoms with Gasteiger partial charge in [-0.05, 0) is 109 Å². The third kappa shape index (κ3) is 4.39. The Bertz CT molecular complexity index is 1400. The van der Waals surface area contributed by atoms with Crippen LogP contribution in [-0.2, 0) is 17.6 Å². The number of aromatic nitrogens is 1. The number of hydrogen-bond acceptors (Lipinski definition) is 3. The molecule has 0 aliphatic heterocycles. The van der Waals surface area contributed by atoms with Crippen LogP contribution < -0.4 is 0 Å². The van der Waals surface area contributed by atoms with Crippen LogP contribution in [0, 0.1) is 17.3 Å². The summed E-state index contributed by atoms with van der Waals surface area (Å²) in [5, 5.41) is 11.4. The van der Waals surface area contributed by atoms with E-state index in [1.54, 1.807) is 18.5 Å². The van der Waals surface area contributed by atoms with E-state index in [4.69, 9.17) is 0 Å². The standard InChI is InChI=1S/C33H34F5NO2/c1-30-19-27(22-6-4-20(5-7-22)2-3-21-13-16-39-17-14-21)29-25-11-9-24(40)18-23(25)8-10-26(29)28(30)12-15-31(30,41)32(34,35)33(36,37)38/h4-7,13-14,16-18,26-28,41H,2-3,8-12,15,19H2,1H3/t26?,27-,28?,30?,31?/m1/s1. The molecule has 4 unspecified atom stereocenters. The molecular weight excluding hydrogens is 537 g/mol. The smallest absolute Gasteiger partial charge is 0.383 e. The van der Waals surface area contributed by atoms with Crippen molar-refractivity contribution in [2.45, 2.75) is 88.3 Å². The van der Waals surface area contributed by atoms with E-state index >= 15 is 8.78 Å². The van der Waals surface area contributed by atoms with Gasteiger partial charge in [-0.25, -0.2) is 0 Å². The molecule has 1 aromatic carbocycles. The molecule has 0 amide bonds. The molecule has 8 heteroatoms. The highest BCUT2D eigenvalue weighted by Gasteiger charge is 2.79. The minimum absolute atomic E-state index is 0.00718. The maximum atomic E-state index is 15.1. The third-order valence-electron chi connectivity index (χ3n) is 10.6. The summed E-state index contributed by atoms with van der Waals surface area (Å²) in [6, 6.07) is 11.8. The van der Waals surface area contributed by atoms with Crippen molar-refractivity contribution in [3.8, 4) is 0 Å². The van der Waals surface area contributed by atoms with Crippen LogP contribution >= 0.6 is 0 Å². The number of aliphatic hydroxyl groups is 1. The summed E-state index contributed by atoms with van der Waals surface area (Å²) < 4.78 is 71.5. The zero-order valence-corrected chi connectivity index (χ0v) is 23.0. The van der Waals surface area contributed by atoms with Crippen LogP contribution in [0.3, 0.4) is 0 Å². The molecule has 0 bridgehead atoms. The van der Waals surface area contributed by atoms with Gasteiger partial charge < -0.3 is 5.11 Å². The second-order valence-electron chi connectivity index (χ2n) is 12.6. The lowest BCUT2D eigenvalue weighted by molar-refractivity contribution is -0.362. The first-order chi connectivity index (χ1) is 19.4. The fraction of sp³-hybridized carbons (Fsp3) is 0.515. The average Bonchev–Trinajstić information content (AvgIpc) is 3.23. The van der Waals surface area contributed by atoms with E-state index in [0.717, 1.165) is 46.3 Å². The Morgan fingerprint density at radius 3 is 2.24 bits per heavy atom. The van der Waals surface area contributed by atoms with E-state index in [1.807, 2.05) is 36.4 Å². The highest BCUT2D eigenvalue weighted by molar-refractivity contribution is 5.93. The van der Waals surface area contributed by atoms with Gasteiger partial charge in [0.15, 0.2) is 5.78 Å². The first kappa shape index (κ1) is 28.3. The summed E-state index contributed by atoms with van der Waals surface area (Å²) in [7, 11) is 0. The predicted octanol–water partition coefficient (Wildman–Crippen LogP) is 7.70. The van der Waals surface area contributed by atoms with E-state index in [0.29, 0.717) is 25.7 Å². The van der Waals surface area contributed by atoms with Crippen molar-refractivity contribution in [3.05, 3.63) is 88.3 Å². The molecule has 2 aromatic rings. The largest absolute Gasteiger partial charge is 0.456 e. The van der Waals surface area contributed by atoms with Crippen molar-refractivity contribution in [1.29, 1.82) is 0 Å². The van der Waals surface area contributed by atoms with Gasteiger partial charge >= 0.3 is 12.1 Å². The van der Waals surface area contributed by atoms with Gasteiger partial charge in [0.2, 0.25) is 0 Å². The van der Waals surface area contributed by atoms with Gasteiger partial charge in [-0.2, -0.15) is 22.0 Å². The Balaban J connectivity index is 1.41. The Hall–Kier alpha value is -2.87. The predicted molar refractivity (Wildman–Crippen MR) is 144 cm³/mol. The minimum atomic E-state index is -5.85. The summed E-state index contributed by atoms with van der Waals surface area (Å²) in [5.74, 6) is -6.30. The van der Waals surface area contributed by atoms with Crippen LogP contribution in [0.4, 0.5) is 22.0 Å². The monoisotopic (exact) mass is 571 g/mol. The summed E-state index contributed by atoms with van der Waals surface area (Å²) in [4.78, 5) is 16.3. The zero-order valence-electron chi connectivity index (χ0n) is 23.0. The summed E-state index contributed by atoms with van der Waals surface area (Å²) >= 11 is 0. The lowest BCUT2D eigenvalue weighted by Crippen LogP contribution is -2.65. The van der Waals surface area contributed by atoms with E-state index in [1.165, 1.54) is 6.92 Å². The number of aryl methyl sites for hydroxylation is 2. The maximum absolute atomic E-state index is 15.1. The zero-order chi connectivity index (χ0) is 29.2. The number of carbonyl (C=O) groups excluding carboxylic acids is 1. The summed E-state index contributed by atoms with van der Waals surface area (Å²) in [6.07, 6.45) is 2.56. The Morgan fingerprint density at radius 2 is 1.59 bits per heavy atom. The van der Waals surface area contributed by atoms with Crippen molar-refractivity contribution < 1.29 is 31.9 Å². The number of rotatable bonds is 5. The Morgan fingerprint density at radius 1 is 0.927 bits per heavy atom. The molecule has 2 saturated carbocycles. The third-order valence-corrected chi connectivity index (χ3v) is 10.6. The Kier molecular flexibility index (Phi) is 6.79. The van der Waals surface area contributed by atoms with Gasteiger partial charge in [0.25, 0.3) is 0 Å². The number of halogens is 5. The minimum Gasteiger partial charge on any atom is -0.383 e. The molecular formula is C33H34F5NO2. The molecule has 41 heavy (non-hydrogen) atoms. The number of alkyl halides is 5. The first-order valence-electron chi connectivity index (χ1n) is 14.5. The van der Waals surface area contributed by atoms with Crippen molar-refractivity contribution >= 4 is 5.78 Å². The SMILES string of the molecule is CC12C[C@H](c3ccc(CCc4ccncc4)cc3)C3=C4CCC(=O)C=C4CCC3C1CCC2(O)C(F)(F)C(F)(F)F. The molecule has 4 aliphatic rings. The van der Waals surface area contributed by atoms with Gasteiger partial charge in [0.1, 0.15) is 5.60 Å². The number of hydrogen-bond donors (Lipinski definition) is 1. The second-order valence-corrected chi connectivity index (χ2v) is 12.6. The van der Waals surface area contributed by atoms with Gasteiger partial charge in [-0.15, -0.1) is 0 Å². The number of carbonyl (C=O) groups is 1. The molecule has 0 saturated heterocycles. The molecule has 3 nitrogen and oxygen atoms in total. The maximum Gasteiger partial charge on any atom is 0.456 e. The first-order valence-corrected chi connectivity index (χ1v) is 14.5. The van der Waals surface area contributed by atoms with Crippen molar-refractivity contribution in [2.24, 2.45) is 17.3 Å². The van der Waals surface area contributed by atoms with Gasteiger partial charge in [-0.1, -0.05) is 36.8 Å². The fourth-order valence-corrected chi connectivity index (χ4v) is 8.47. The number of allylic oxidation sites excluding steroid dienone is 4. The van der Waals surface area contributed by atoms with Crippen molar-refractivity contribution in [1.82, 2.24) is 4.98 Å². The highest BCUT2D eigenvalue weighted by atomic mass is 19.4. The van der Waals surface area contributed by atoms with E-state index in [9.17, 15) is 23.1 Å². The fourth-order valence-electron chi connectivity index (χ4n) is 8.47. The lowest BCUT2D eigenvalue weighted by atomic mass is 9.50. The molecule has 0 radical (unpaired) electrons. The number of fused-ring (bicyclic) bond motifs is 4. The van der Waals surface area contributed by atoms with Crippen LogP contribution in [0.1, 0.15) is 74.5 Å². The second kappa shape index (κ2) is 9.85. The molecule has 1 heterocycles. The molecule has 6 rings (SSSR count). The van der Waals surface area contributed by atoms with E-state index in [2.05, 4.69) is 4.98 Å². The number of nitrogens with zero attached hydrogens (tertiary/aromatic N) is 1. The quantitative estimate of drug-likeness (QED) is 0.374.